The molecule has 1 amide bonds. The second kappa shape index (κ2) is 7.30. The van der Waals surface area contributed by atoms with Crippen LogP contribution in [0.4, 0.5) is 8.78 Å². The molecule has 3 aromatic rings. The topological polar surface area (TPSA) is 106 Å². The summed E-state index contributed by atoms with van der Waals surface area (Å²) in [7, 11) is 0. The minimum absolute atomic E-state index is 0.00304. The third-order valence-corrected chi connectivity index (χ3v) is 3.42. The van der Waals surface area contributed by atoms with Gasteiger partial charge in [0.25, 0.3) is 5.91 Å². The summed E-state index contributed by atoms with van der Waals surface area (Å²) >= 11 is 0. The number of nitrogens with one attached hydrogen (secondary N) is 2. The highest BCUT2D eigenvalue weighted by Gasteiger charge is 2.19. The summed E-state index contributed by atoms with van der Waals surface area (Å²) in [4.78, 5) is 16.3. The average molecular weight is 363 g/mol. The number of amides is 1. The van der Waals surface area contributed by atoms with Crippen molar-refractivity contribution in [2.24, 2.45) is 0 Å². The number of aromatic amines is 1. The lowest BCUT2D eigenvalue weighted by atomic mass is 10.3. The van der Waals surface area contributed by atoms with Crippen molar-refractivity contribution in [3.63, 3.8) is 0 Å². The highest BCUT2D eigenvalue weighted by molar-refractivity contribution is 5.92. The van der Waals surface area contributed by atoms with Gasteiger partial charge >= 0.3 is 0 Å². The monoisotopic (exact) mass is 363 g/mol. The Bertz CT molecular complexity index is 904. The van der Waals surface area contributed by atoms with Crippen LogP contribution in [0.1, 0.15) is 40.9 Å². The second-order valence-electron chi connectivity index (χ2n) is 5.49. The summed E-state index contributed by atoms with van der Waals surface area (Å²) in [6.07, 6.45) is 0. The van der Waals surface area contributed by atoms with Crippen LogP contribution < -0.4 is 10.1 Å². The van der Waals surface area contributed by atoms with E-state index in [-0.39, 0.29) is 18.1 Å². The molecule has 0 unspecified atom stereocenters. The fraction of sp³-hybridized carbons (Fsp3) is 0.250. The van der Waals surface area contributed by atoms with E-state index in [1.54, 1.807) is 13.8 Å². The molecule has 0 aliphatic rings. The van der Waals surface area contributed by atoms with Gasteiger partial charge in [-0.05, 0) is 26.0 Å². The number of aromatic nitrogens is 4. The smallest absolute Gasteiger partial charge is 0.274 e. The van der Waals surface area contributed by atoms with Gasteiger partial charge in [-0.2, -0.15) is 5.10 Å². The lowest BCUT2D eigenvalue weighted by Gasteiger charge is -2.08. The third-order valence-electron chi connectivity index (χ3n) is 3.42. The lowest BCUT2D eigenvalue weighted by molar-refractivity contribution is 0.0929. The van der Waals surface area contributed by atoms with Crippen LogP contribution in [0, 0.1) is 18.6 Å². The van der Waals surface area contributed by atoms with Gasteiger partial charge in [0, 0.05) is 6.07 Å². The van der Waals surface area contributed by atoms with E-state index in [1.807, 2.05) is 0 Å². The maximum atomic E-state index is 13.5. The van der Waals surface area contributed by atoms with Gasteiger partial charge in [-0.25, -0.2) is 13.8 Å². The number of nitrogens with zero attached hydrogens (tertiary/aromatic N) is 3. The average Bonchev–Trinajstić information content (AvgIpc) is 3.23. The molecule has 0 aliphatic heterocycles. The first-order valence-corrected chi connectivity index (χ1v) is 7.66. The summed E-state index contributed by atoms with van der Waals surface area (Å²) < 4.78 is 37.0. The number of carbonyl (C=O) groups excluding carboxylic acids is 1. The molecule has 0 radical (unpaired) electrons. The molecular formula is C16H15F2N5O3. The predicted molar refractivity (Wildman–Crippen MR) is 84.2 cm³/mol. The molecule has 8 nitrogen and oxygen atoms in total. The molecule has 136 valence electrons. The first-order valence-electron chi connectivity index (χ1n) is 7.66. The molecule has 0 aliphatic carbocycles. The number of carbonyl (C=O) groups is 1. The van der Waals surface area contributed by atoms with Crippen molar-refractivity contribution in [3.05, 3.63) is 59.0 Å². The zero-order chi connectivity index (χ0) is 18.7. The molecule has 1 atom stereocenters. The van der Waals surface area contributed by atoms with Gasteiger partial charge in [0.05, 0.1) is 6.04 Å². The predicted octanol–water partition coefficient (Wildman–Crippen LogP) is 2.45. The molecule has 10 heteroatoms. The highest BCUT2D eigenvalue weighted by atomic mass is 19.1. The normalized spacial score (nSPS) is 12.0. The third kappa shape index (κ3) is 3.85. The Morgan fingerprint density at radius 3 is 2.77 bits per heavy atom. The van der Waals surface area contributed by atoms with E-state index in [2.05, 4.69) is 25.7 Å². The van der Waals surface area contributed by atoms with Crippen molar-refractivity contribution in [2.75, 3.05) is 0 Å². The minimum atomic E-state index is -0.835. The Balaban J connectivity index is 1.61. The molecular weight excluding hydrogens is 348 g/mol. The van der Waals surface area contributed by atoms with Gasteiger partial charge in [0.2, 0.25) is 0 Å². The SMILES string of the molecule is Cc1nc([C@H](C)NC(=O)c2cc(COc3c(F)cccc3F)on2)n[nH]1. The summed E-state index contributed by atoms with van der Waals surface area (Å²) in [5, 5.41) is 12.9. The Morgan fingerprint density at radius 2 is 2.12 bits per heavy atom. The molecule has 3 rings (SSSR count). The van der Waals surface area contributed by atoms with Crippen molar-refractivity contribution < 1.29 is 22.8 Å². The number of aryl methyl sites for hydroxylation is 1. The molecule has 0 fully saturated rings. The highest BCUT2D eigenvalue weighted by Crippen LogP contribution is 2.22. The maximum absolute atomic E-state index is 13.5. The number of H-pyrrole nitrogens is 1. The van der Waals surface area contributed by atoms with Crippen molar-refractivity contribution in [1.29, 1.82) is 0 Å². The summed E-state index contributed by atoms with van der Waals surface area (Å²) in [5.41, 5.74) is -0.00304. The van der Waals surface area contributed by atoms with Crippen LogP contribution in [0.2, 0.25) is 0 Å². The van der Waals surface area contributed by atoms with Crippen molar-refractivity contribution in [2.45, 2.75) is 26.5 Å². The van der Waals surface area contributed by atoms with Crippen LogP contribution in [-0.4, -0.2) is 26.2 Å². The Labute approximate surface area is 146 Å². The number of hydrogen-bond donors (Lipinski definition) is 2. The molecule has 26 heavy (non-hydrogen) atoms. The fourth-order valence-corrected chi connectivity index (χ4v) is 2.14. The summed E-state index contributed by atoms with van der Waals surface area (Å²) in [6, 6.07) is 4.25. The molecule has 2 aromatic heterocycles. The largest absolute Gasteiger partial charge is 0.479 e. The second-order valence-corrected chi connectivity index (χ2v) is 5.49. The summed E-state index contributed by atoms with van der Waals surface area (Å²) in [5.74, 6) is -1.51. The number of ether oxygens (including phenoxy) is 1. The van der Waals surface area contributed by atoms with Gasteiger partial charge in [-0.3, -0.25) is 9.89 Å². The number of para-hydroxylation sites is 1. The minimum Gasteiger partial charge on any atom is -0.479 e. The zero-order valence-electron chi connectivity index (χ0n) is 13.9. The summed E-state index contributed by atoms with van der Waals surface area (Å²) in [6.45, 7) is 3.17. The molecule has 0 bridgehead atoms. The number of benzene rings is 1. The van der Waals surface area contributed by atoms with E-state index < -0.39 is 29.3 Å². The molecule has 1 aromatic carbocycles. The molecule has 2 N–H and O–H groups in total. The fourth-order valence-electron chi connectivity index (χ4n) is 2.14. The van der Waals surface area contributed by atoms with E-state index >= 15 is 0 Å². The van der Waals surface area contributed by atoms with Crippen molar-refractivity contribution in [1.82, 2.24) is 25.7 Å². The van der Waals surface area contributed by atoms with Crippen LogP contribution in [0.3, 0.4) is 0 Å². The van der Waals surface area contributed by atoms with Crippen molar-refractivity contribution in [3.8, 4) is 5.75 Å². The number of hydrogen-bond acceptors (Lipinski definition) is 6. The van der Waals surface area contributed by atoms with Gasteiger partial charge in [-0.15, -0.1) is 0 Å². The number of rotatable bonds is 6. The lowest BCUT2D eigenvalue weighted by Crippen LogP contribution is -2.27. The Hall–Kier alpha value is -3.30. The van der Waals surface area contributed by atoms with E-state index in [0.717, 1.165) is 12.1 Å². The Kier molecular flexibility index (Phi) is 4.92. The van der Waals surface area contributed by atoms with Gasteiger partial charge in [0.15, 0.2) is 34.7 Å². The van der Waals surface area contributed by atoms with Gasteiger partial charge < -0.3 is 14.6 Å². The molecule has 0 spiro atoms. The molecule has 0 saturated heterocycles. The molecule has 0 saturated carbocycles. The zero-order valence-corrected chi connectivity index (χ0v) is 13.9. The van der Waals surface area contributed by atoms with Crippen LogP contribution in [0.15, 0.2) is 28.8 Å². The van der Waals surface area contributed by atoms with E-state index in [4.69, 9.17) is 9.26 Å². The van der Waals surface area contributed by atoms with E-state index in [9.17, 15) is 13.6 Å². The molecule has 2 heterocycles. The van der Waals surface area contributed by atoms with E-state index in [1.165, 1.54) is 12.1 Å². The van der Waals surface area contributed by atoms with Crippen molar-refractivity contribution >= 4 is 5.91 Å². The quantitative estimate of drug-likeness (QED) is 0.697. The first kappa shape index (κ1) is 17.5. The van der Waals surface area contributed by atoms with Crippen LogP contribution in [-0.2, 0) is 6.61 Å². The van der Waals surface area contributed by atoms with Gasteiger partial charge in [-0.1, -0.05) is 11.2 Å². The van der Waals surface area contributed by atoms with E-state index in [0.29, 0.717) is 11.6 Å². The van der Waals surface area contributed by atoms with Gasteiger partial charge in [0.1, 0.15) is 12.4 Å². The number of halogens is 2. The van der Waals surface area contributed by atoms with Crippen LogP contribution >= 0.6 is 0 Å². The van der Waals surface area contributed by atoms with Crippen LogP contribution in [0.25, 0.3) is 0 Å². The van der Waals surface area contributed by atoms with Crippen LogP contribution in [0.5, 0.6) is 5.75 Å². The maximum Gasteiger partial charge on any atom is 0.274 e. The standard InChI is InChI=1S/C16H15F2N5O3/c1-8(15-20-9(2)21-22-15)19-16(24)13-6-10(26-23-13)7-25-14-11(17)4-3-5-12(14)18/h3-6,8H,7H2,1-2H3,(H,19,24)(H,20,21,22)/t8-/m0/s1. The Morgan fingerprint density at radius 1 is 1.38 bits per heavy atom. The first-order chi connectivity index (χ1) is 12.4.